The molecule has 242 valence electrons. The van der Waals surface area contributed by atoms with Crippen LogP contribution in [0.2, 0.25) is 0 Å². The maximum Gasteiger partial charge on any atom is 0.321 e. The highest BCUT2D eigenvalue weighted by molar-refractivity contribution is 5.99. The molecule has 0 unspecified atom stereocenters. The van der Waals surface area contributed by atoms with Crippen LogP contribution in [0.25, 0.3) is 0 Å². The molecule has 3 rings (SSSR count). The van der Waals surface area contributed by atoms with Crippen LogP contribution in [0.1, 0.15) is 64.2 Å². The number of carbonyl (C=O) groups is 3. The molecule has 11 heteroatoms. The summed E-state index contributed by atoms with van der Waals surface area (Å²) in [4.78, 5) is 42.8. The lowest BCUT2D eigenvalue weighted by Crippen LogP contribution is -2.48. The topological polar surface area (TPSA) is 132 Å². The molecule has 44 heavy (non-hydrogen) atoms. The number of carbonyl (C=O) groups excluding carboxylic acids is 3. The van der Waals surface area contributed by atoms with E-state index in [1.165, 1.54) is 0 Å². The van der Waals surface area contributed by atoms with Crippen molar-refractivity contribution in [2.24, 2.45) is 5.92 Å². The first-order valence-corrected chi connectivity index (χ1v) is 15.5. The summed E-state index contributed by atoms with van der Waals surface area (Å²) in [6.07, 6.45) is 1.89. The van der Waals surface area contributed by atoms with Crippen molar-refractivity contribution in [2.75, 3.05) is 44.0 Å². The van der Waals surface area contributed by atoms with Crippen molar-refractivity contribution in [3.63, 3.8) is 0 Å². The number of hydrogen-bond acceptors (Lipinski definition) is 6. The smallest absolute Gasteiger partial charge is 0.321 e. The minimum atomic E-state index is -0.510. The number of rotatable bonds is 7. The van der Waals surface area contributed by atoms with Gasteiger partial charge in [-0.25, -0.2) is 9.59 Å². The quantitative estimate of drug-likeness (QED) is 0.341. The molecule has 4 atom stereocenters. The normalized spacial score (nSPS) is 20.5. The predicted octanol–water partition coefficient (Wildman–Crippen LogP) is 5.18. The molecule has 0 spiro atoms. The second kappa shape index (κ2) is 16.9. The van der Waals surface area contributed by atoms with E-state index in [2.05, 4.69) is 16.0 Å². The van der Waals surface area contributed by atoms with E-state index in [9.17, 15) is 19.5 Å². The maximum atomic E-state index is 14.2. The lowest BCUT2D eigenvalue weighted by Gasteiger charge is -2.35. The van der Waals surface area contributed by atoms with Crippen molar-refractivity contribution < 1.29 is 29.0 Å². The SMILES string of the molecule is CC(C)NC(=O)Nc1ccc2c(c1)C(=O)N([C@@H](C)CO)C[C@@H](C)[C@@H](CN(C)C(=O)Nc1ccccc1)OCCCC[C@@H](C)O2. The minimum absolute atomic E-state index is 0.0564. The molecule has 0 bridgehead atoms. The van der Waals surface area contributed by atoms with Gasteiger partial charge < -0.3 is 40.3 Å². The number of aliphatic hydroxyl groups excluding tert-OH is 1. The van der Waals surface area contributed by atoms with Crippen LogP contribution in [-0.2, 0) is 4.74 Å². The Morgan fingerprint density at radius 1 is 1.05 bits per heavy atom. The van der Waals surface area contributed by atoms with Crippen LogP contribution in [-0.4, -0.2) is 90.5 Å². The molecule has 4 N–H and O–H groups in total. The summed E-state index contributed by atoms with van der Waals surface area (Å²) in [5, 5.41) is 18.6. The summed E-state index contributed by atoms with van der Waals surface area (Å²) in [5.74, 6) is -0.105. The van der Waals surface area contributed by atoms with Gasteiger partial charge in [0.15, 0.2) is 0 Å². The Labute approximate surface area is 261 Å². The summed E-state index contributed by atoms with van der Waals surface area (Å²) in [6.45, 7) is 10.3. The summed E-state index contributed by atoms with van der Waals surface area (Å²) in [7, 11) is 1.72. The average molecular weight is 612 g/mol. The zero-order valence-electron chi connectivity index (χ0n) is 26.8. The molecule has 0 saturated heterocycles. The van der Waals surface area contributed by atoms with Crippen molar-refractivity contribution in [2.45, 2.75) is 78.2 Å². The molecular formula is C33H49N5O6. The van der Waals surface area contributed by atoms with Gasteiger partial charge in [-0.15, -0.1) is 0 Å². The predicted molar refractivity (Wildman–Crippen MR) is 172 cm³/mol. The number of anilines is 2. The number of urea groups is 2. The fourth-order valence-electron chi connectivity index (χ4n) is 4.99. The van der Waals surface area contributed by atoms with Gasteiger partial charge in [-0.3, -0.25) is 4.79 Å². The molecule has 2 aromatic carbocycles. The van der Waals surface area contributed by atoms with Crippen LogP contribution in [0.4, 0.5) is 21.0 Å². The Kier molecular flexibility index (Phi) is 13.3. The third-order valence-corrected chi connectivity index (χ3v) is 7.55. The number of likely N-dealkylation sites (N-methyl/N-ethyl adjacent to an activating group) is 1. The Bertz CT molecular complexity index is 1230. The fraction of sp³-hybridized carbons (Fsp3) is 0.545. The van der Waals surface area contributed by atoms with Crippen molar-refractivity contribution in [3.05, 3.63) is 54.1 Å². The monoisotopic (exact) mass is 611 g/mol. The Morgan fingerprint density at radius 3 is 2.45 bits per heavy atom. The molecule has 11 nitrogen and oxygen atoms in total. The van der Waals surface area contributed by atoms with Crippen LogP contribution in [0, 0.1) is 5.92 Å². The summed E-state index contributed by atoms with van der Waals surface area (Å²) < 4.78 is 12.6. The molecule has 1 aliphatic heterocycles. The van der Waals surface area contributed by atoms with E-state index < -0.39 is 6.04 Å². The first kappa shape index (κ1) is 34.7. The second-order valence-corrected chi connectivity index (χ2v) is 11.9. The minimum Gasteiger partial charge on any atom is -0.490 e. The van der Waals surface area contributed by atoms with Gasteiger partial charge in [0, 0.05) is 50.1 Å². The zero-order valence-corrected chi connectivity index (χ0v) is 26.8. The van der Waals surface area contributed by atoms with Gasteiger partial charge in [0.2, 0.25) is 0 Å². The number of ether oxygens (including phenoxy) is 2. The third-order valence-electron chi connectivity index (χ3n) is 7.55. The number of amides is 5. The van der Waals surface area contributed by atoms with Gasteiger partial charge in [-0.2, -0.15) is 0 Å². The maximum absolute atomic E-state index is 14.2. The second-order valence-electron chi connectivity index (χ2n) is 11.9. The standard InChI is InChI=1S/C33H49N5O6/c1-22(2)34-32(41)35-27-15-16-29-28(18-27)31(40)38(24(4)21-39)19-23(3)30(43-17-11-10-12-25(5)44-29)20-37(6)33(42)36-26-13-8-7-9-14-26/h7-9,13-16,18,22-25,30,39H,10-12,17,19-21H2,1-6H3,(H,36,42)(H2,34,35,41)/t23-,24+,25-,30-/m1/s1. The number of hydrogen-bond donors (Lipinski definition) is 4. The highest BCUT2D eigenvalue weighted by atomic mass is 16.5. The van der Waals surface area contributed by atoms with E-state index in [1.807, 2.05) is 58.0 Å². The molecule has 0 radical (unpaired) electrons. The number of nitrogens with zero attached hydrogens (tertiary/aromatic N) is 2. The molecular weight excluding hydrogens is 562 g/mol. The molecule has 0 aromatic heterocycles. The lowest BCUT2D eigenvalue weighted by molar-refractivity contribution is -0.0115. The summed E-state index contributed by atoms with van der Waals surface area (Å²) in [6, 6.07) is 13.1. The Balaban J connectivity index is 1.89. The van der Waals surface area contributed by atoms with Crippen LogP contribution in [0.5, 0.6) is 5.75 Å². The van der Waals surface area contributed by atoms with Crippen LogP contribution >= 0.6 is 0 Å². The zero-order chi connectivity index (χ0) is 32.2. The number of fused-ring (bicyclic) bond motifs is 1. The van der Waals surface area contributed by atoms with Crippen molar-refractivity contribution in [3.8, 4) is 5.75 Å². The summed E-state index contributed by atoms with van der Waals surface area (Å²) >= 11 is 0. The van der Waals surface area contributed by atoms with Crippen molar-refractivity contribution in [1.29, 1.82) is 0 Å². The molecule has 0 saturated carbocycles. The molecule has 0 fully saturated rings. The van der Waals surface area contributed by atoms with Gasteiger partial charge in [0.1, 0.15) is 5.75 Å². The number of para-hydroxylation sites is 1. The first-order valence-electron chi connectivity index (χ1n) is 15.5. The molecule has 2 aromatic rings. The Morgan fingerprint density at radius 2 is 1.77 bits per heavy atom. The Hall–Kier alpha value is -3.83. The van der Waals surface area contributed by atoms with Gasteiger partial charge in [-0.1, -0.05) is 25.1 Å². The van der Waals surface area contributed by atoms with Crippen molar-refractivity contribution in [1.82, 2.24) is 15.1 Å². The van der Waals surface area contributed by atoms with Gasteiger partial charge in [-0.05, 0) is 77.3 Å². The highest BCUT2D eigenvalue weighted by Crippen LogP contribution is 2.28. The third kappa shape index (κ3) is 10.4. The van der Waals surface area contributed by atoms with E-state index in [0.29, 0.717) is 35.8 Å². The van der Waals surface area contributed by atoms with Gasteiger partial charge in [0.05, 0.1) is 30.4 Å². The van der Waals surface area contributed by atoms with Gasteiger partial charge >= 0.3 is 12.1 Å². The van der Waals surface area contributed by atoms with E-state index >= 15 is 0 Å². The number of nitrogens with one attached hydrogen (secondary N) is 3. The van der Waals surface area contributed by atoms with E-state index in [-0.39, 0.29) is 55.3 Å². The van der Waals surface area contributed by atoms with Gasteiger partial charge in [0.25, 0.3) is 5.91 Å². The average Bonchev–Trinajstić information content (AvgIpc) is 2.98. The largest absolute Gasteiger partial charge is 0.490 e. The highest BCUT2D eigenvalue weighted by Gasteiger charge is 2.31. The van der Waals surface area contributed by atoms with Crippen LogP contribution in [0.3, 0.4) is 0 Å². The van der Waals surface area contributed by atoms with Crippen LogP contribution < -0.4 is 20.7 Å². The van der Waals surface area contributed by atoms with Crippen molar-refractivity contribution >= 4 is 29.3 Å². The fourth-order valence-corrected chi connectivity index (χ4v) is 4.99. The van der Waals surface area contributed by atoms with Crippen LogP contribution in [0.15, 0.2) is 48.5 Å². The molecule has 0 aliphatic carbocycles. The molecule has 5 amide bonds. The molecule has 1 aliphatic rings. The van der Waals surface area contributed by atoms with E-state index in [0.717, 1.165) is 19.3 Å². The first-order chi connectivity index (χ1) is 21.0. The van der Waals surface area contributed by atoms with E-state index in [1.54, 1.807) is 42.0 Å². The molecule has 1 heterocycles. The number of benzene rings is 2. The summed E-state index contributed by atoms with van der Waals surface area (Å²) in [5.41, 5.74) is 1.44. The lowest BCUT2D eigenvalue weighted by atomic mass is 10.0. The van der Waals surface area contributed by atoms with E-state index in [4.69, 9.17) is 9.47 Å². The number of aliphatic hydroxyl groups is 1.